The van der Waals surface area contributed by atoms with E-state index in [9.17, 15) is 9.50 Å². The summed E-state index contributed by atoms with van der Waals surface area (Å²) in [6, 6.07) is 9.58. The van der Waals surface area contributed by atoms with Crippen LogP contribution in [0, 0.1) is 5.82 Å². The molecule has 1 heterocycles. The van der Waals surface area contributed by atoms with Crippen LogP contribution < -0.4 is 14.8 Å². The highest BCUT2D eigenvalue weighted by Crippen LogP contribution is 2.15. The molecule has 0 saturated carbocycles. The van der Waals surface area contributed by atoms with Crippen molar-refractivity contribution in [2.75, 3.05) is 25.6 Å². The van der Waals surface area contributed by atoms with Gasteiger partial charge < -0.3 is 19.9 Å². The first-order valence-electron chi connectivity index (χ1n) is 6.48. The van der Waals surface area contributed by atoms with Crippen LogP contribution in [0.15, 0.2) is 42.6 Å². The molecule has 21 heavy (non-hydrogen) atoms. The Hall–Kier alpha value is -2.34. The highest BCUT2D eigenvalue weighted by Gasteiger charge is 2.08. The summed E-state index contributed by atoms with van der Waals surface area (Å²) in [5, 5.41) is 12.8. The number of nitrogens with zero attached hydrogens (tertiary/aromatic N) is 1. The molecule has 112 valence electrons. The van der Waals surface area contributed by atoms with Gasteiger partial charge in [0.1, 0.15) is 12.7 Å². The van der Waals surface area contributed by atoms with E-state index in [-0.39, 0.29) is 18.9 Å². The third-order valence-electron chi connectivity index (χ3n) is 2.76. The molecule has 0 aliphatic carbocycles. The quantitative estimate of drug-likeness (QED) is 0.818. The minimum atomic E-state index is -0.772. The van der Waals surface area contributed by atoms with Gasteiger partial charge in [0.15, 0.2) is 11.6 Å². The molecule has 1 unspecified atom stereocenters. The fraction of sp³-hybridized carbons (Fsp3) is 0.267. The van der Waals surface area contributed by atoms with Crippen LogP contribution in [-0.2, 0) is 0 Å². The molecule has 0 aliphatic rings. The SMILES string of the molecule is COc1ccc(NCC(O)COc2ccccc2F)cn1. The van der Waals surface area contributed by atoms with Crippen LogP contribution in [0.3, 0.4) is 0 Å². The fourth-order valence-corrected chi connectivity index (χ4v) is 1.65. The van der Waals surface area contributed by atoms with Gasteiger partial charge in [0.2, 0.25) is 5.88 Å². The molecule has 0 bridgehead atoms. The van der Waals surface area contributed by atoms with Gasteiger partial charge in [-0.1, -0.05) is 12.1 Å². The number of benzene rings is 1. The van der Waals surface area contributed by atoms with Gasteiger partial charge in [0.25, 0.3) is 0 Å². The summed E-state index contributed by atoms with van der Waals surface area (Å²) in [4.78, 5) is 4.03. The van der Waals surface area contributed by atoms with Crippen LogP contribution in [0.25, 0.3) is 0 Å². The lowest BCUT2D eigenvalue weighted by Crippen LogP contribution is -2.26. The van der Waals surface area contributed by atoms with E-state index < -0.39 is 11.9 Å². The van der Waals surface area contributed by atoms with Crippen LogP contribution in [0.1, 0.15) is 0 Å². The number of rotatable bonds is 7. The molecule has 0 radical (unpaired) electrons. The van der Waals surface area contributed by atoms with Gasteiger partial charge in [0.05, 0.1) is 19.0 Å². The van der Waals surface area contributed by atoms with Gasteiger partial charge in [-0.2, -0.15) is 0 Å². The average molecular weight is 292 g/mol. The molecular formula is C15H17FN2O3. The fourth-order valence-electron chi connectivity index (χ4n) is 1.65. The Morgan fingerprint density at radius 3 is 2.76 bits per heavy atom. The van der Waals surface area contributed by atoms with Crippen molar-refractivity contribution < 1.29 is 19.0 Å². The van der Waals surface area contributed by atoms with Crippen LogP contribution in [0.4, 0.5) is 10.1 Å². The molecule has 6 heteroatoms. The number of halogens is 1. The van der Waals surface area contributed by atoms with Crippen molar-refractivity contribution in [3.63, 3.8) is 0 Å². The van der Waals surface area contributed by atoms with Gasteiger partial charge in [-0.3, -0.25) is 0 Å². The number of aromatic nitrogens is 1. The van der Waals surface area contributed by atoms with E-state index in [1.807, 2.05) is 0 Å². The van der Waals surface area contributed by atoms with E-state index in [2.05, 4.69) is 10.3 Å². The zero-order chi connectivity index (χ0) is 15.1. The number of pyridine rings is 1. The third kappa shape index (κ3) is 4.61. The van der Waals surface area contributed by atoms with E-state index in [1.165, 1.54) is 12.1 Å². The second-order valence-electron chi connectivity index (χ2n) is 4.37. The molecule has 0 saturated heterocycles. The van der Waals surface area contributed by atoms with Crippen LogP contribution in [0.5, 0.6) is 11.6 Å². The summed E-state index contributed by atoms with van der Waals surface area (Å²) in [5.41, 5.74) is 0.751. The number of aliphatic hydroxyl groups is 1. The van der Waals surface area contributed by atoms with E-state index in [4.69, 9.17) is 9.47 Å². The Morgan fingerprint density at radius 2 is 2.10 bits per heavy atom. The lowest BCUT2D eigenvalue weighted by molar-refractivity contribution is 0.115. The Bertz CT molecular complexity index is 563. The molecule has 2 N–H and O–H groups in total. The van der Waals surface area contributed by atoms with E-state index in [1.54, 1.807) is 37.6 Å². The van der Waals surface area contributed by atoms with Crippen molar-refractivity contribution in [2.24, 2.45) is 0 Å². The van der Waals surface area contributed by atoms with Crippen molar-refractivity contribution >= 4 is 5.69 Å². The zero-order valence-electron chi connectivity index (χ0n) is 11.6. The van der Waals surface area contributed by atoms with Crippen LogP contribution in [0.2, 0.25) is 0 Å². The first-order valence-corrected chi connectivity index (χ1v) is 6.48. The molecule has 2 rings (SSSR count). The van der Waals surface area contributed by atoms with Gasteiger partial charge >= 0.3 is 0 Å². The molecule has 5 nitrogen and oxygen atoms in total. The number of anilines is 1. The van der Waals surface area contributed by atoms with E-state index >= 15 is 0 Å². The molecular weight excluding hydrogens is 275 g/mol. The molecule has 0 aliphatic heterocycles. The highest BCUT2D eigenvalue weighted by molar-refractivity contribution is 5.42. The molecule has 2 aromatic rings. The standard InChI is InChI=1S/C15H17FN2O3/c1-20-15-7-6-11(8-18-15)17-9-12(19)10-21-14-5-3-2-4-13(14)16/h2-8,12,17,19H,9-10H2,1H3. The summed E-state index contributed by atoms with van der Waals surface area (Å²) in [5.74, 6) is 0.198. The van der Waals surface area contributed by atoms with Crippen LogP contribution >= 0.6 is 0 Å². The highest BCUT2D eigenvalue weighted by atomic mass is 19.1. The Balaban J connectivity index is 1.76. The van der Waals surface area contributed by atoms with Crippen molar-refractivity contribution in [1.29, 1.82) is 0 Å². The van der Waals surface area contributed by atoms with Gasteiger partial charge in [-0.15, -0.1) is 0 Å². The summed E-state index contributed by atoms with van der Waals surface area (Å²) < 4.78 is 23.5. The molecule has 0 amide bonds. The molecule has 1 atom stereocenters. The summed E-state index contributed by atoms with van der Waals surface area (Å²) in [7, 11) is 1.54. The normalized spacial score (nSPS) is 11.8. The predicted molar refractivity (Wildman–Crippen MR) is 77.2 cm³/mol. The first kappa shape index (κ1) is 15.1. The summed E-state index contributed by atoms with van der Waals surface area (Å²) >= 11 is 0. The minimum Gasteiger partial charge on any atom is -0.488 e. The van der Waals surface area contributed by atoms with Crippen molar-refractivity contribution in [2.45, 2.75) is 6.10 Å². The zero-order valence-corrected chi connectivity index (χ0v) is 11.6. The topological polar surface area (TPSA) is 63.6 Å². The van der Waals surface area contributed by atoms with Crippen LogP contribution in [-0.4, -0.2) is 36.5 Å². The van der Waals surface area contributed by atoms with E-state index in [0.717, 1.165) is 5.69 Å². The predicted octanol–water partition coefficient (Wildman–Crippen LogP) is 2.08. The smallest absolute Gasteiger partial charge is 0.213 e. The number of nitrogens with one attached hydrogen (secondary N) is 1. The summed E-state index contributed by atoms with van der Waals surface area (Å²) in [6.07, 6.45) is 0.829. The monoisotopic (exact) mass is 292 g/mol. The number of hydrogen-bond donors (Lipinski definition) is 2. The molecule has 0 fully saturated rings. The van der Waals surface area contributed by atoms with Crippen molar-refractivity contribution in [3.8, 4) is 11.6 Å². The number of aliphatic hydroxyl groups excluding tert-OH is 1. The number of ether oxygens (including phenoxy) is 2. The number of hydrogen-bond acceptors (Lipinski definition) is 5. The molecule has 1 aromatic carbocycles. The van der Waals surface area contributed by atoms with Gasteiger partial charge in [-0.05, 0) is 18.2 Å². The minimum absolute atomic E-state index is 0.00246. The maximum atomic E-state index is 13.3. The third-order valence-corrected chi connectivity index (χ3v) is 2.76. The first-order chi connectivity index (χ1) is 10.2. The van der Waals surface area contributed by atoms with Gasteiger partial charge in [-0.25, -0.2) is 9.37 Å². The van der Waals surface area contributed by atoms with Crippen molar-refractivity contribution in [3.05, 3.63) is 48.4 Å². The van der Waals surface area contributed by atoms with Crippen molar-refractivity contribution in [1.82, 2.24) is 4.98 Å². The second-order valence-corrected chi connectivity index (χ2v) is 4.37. The molecule has 1 aromatic heterocycles. The number of methoxy groups -OCH3 is 1. The second kappa shape index (κ2) is 7.44. The maximum absolute atomic E-state index is 13.3. The largest absolute Gasteiger partial charge is 0.488 e. The van der Waals surface area contributed by atoms with E-state index in [0.29, 0.717) is 5.88 Å². The molecule has 0 spiro atoms. The average Bonchev–Trinajstić information content (AvgIpc) is 2.52. The Labute approximate surface area is 122 Å². The number of para-hydroxylation sites is 1. The summed E-state index contributed by atoms with van der Waals surface area (Å²) in [6.45, 7) is 0.264. The Morgan fingerprint density at radius 1 is 1.29 bits per heavy atom. The maximum Gasteiger partial charge on any atom is 0.213 e. The lowest BCUT2D eigenvalue weighted by atomic mass is 10.3. The van der Waals surface area contributed by atoms with Gasteiger partial charge in [0, 0.05) is 12.6 Å². The lowest BCUT2D eigenvalue weighted by Gasteiger charge is -2.14. The Kier molecular flexibility index (Phi) is 5.34.